The van der Waals surface area contributed by atoms with Gasteiger partial charge < -0.3 is 5.11 Å². The lowest BCUT2D eigenvalue weighted by atomic mass is 10.0. The normalized spacial score (nSPS) is 20.5. The van der Waals surface area contributed by atoms with Crippen molar-refractivity contribution in [1.82, 2.24) is 0 Å². The van der Waals surface area contributed by atoms with Crippen LogP contribution >= 0.6 is 0 Å². The first-order chi connectivity index (χ1) is 5.88. The topological polar surface area (TPSA) is 20.2 Å². The molecule has 2 rings (SSSR count). The zero-order chi connectivity index (χ0) is 8.39. The Hall–Kier alpha value is -1.08. The van der Waals surface area contributed by atoms with Gasteiger partial charge in [0, 0.05) is 12.8 Å². The van der Waals surface area contributed by atoms with Crippen molar-refractivity contribution in [3.05, 3.63) is 60.4 Å². The second-order valence-corrected chi connectivity index (χ2v) is 2.84. The van der Waals surface area contributed by atoms with Crippen molar-refractivity contribution in [2.24, 2.45) is 0 Å². The second-order valence-electron chi connectivity index (χ2n) is 2.84. The Balaban J connectivity index is 2.05. The fourth-order valence-corrected chi connectivity index (χ4v) is 1.33. The molecule has 2 aliphatic rings. The molecule has 1 nitrogen and oxygen atoms in total. The summed E-state index contributed by atoms with van der Waals surface area (Å²) < 4.78 is 0. The van der Waals surface area contributed by atoms with Gasteiger partial charge in [0.1, 0.15) is 0 Å². The lowest BCUT2D eigenvalue weighted by molar-refractivity contribution is 0.252. The van der Waals surface area contributed by atoms with Gasteiger partial charge in [0.2, 0.25) is 0 Å². The molecule has 0 aliphatic heterocycles. The van der Waals surface area contributed by atoms with Crippen LogP contribution in [0, 0.1) is 12.8 Å². The number of hydrogen-bond acceptors (Lipinski definition) is 1. The number of aliphatic hydroxyl groups excluding tert-OH is 1. The summed E-state index contributed by atoms with van der Waals surface area (Å²) in [5.74, 6) is 0. The summed E-state index contributed by atoms with van der Waals surface area (Å²) in [4.78, 5) is 0. The van der Waals surface area contributed by atoms with Gasteiger partial charge in [0.05, 0.1) is 6.10 Å². The van der Waals surface area contributed by atoms with Gasteiger partial charge in [-0.25, -0.2) is 0 Å². The molecule has 0 atom stereocenters. The molecule has 0 aromatic heterocycles. The summed E-state index contributed by atoms with van der Waals surface area (Å²) in [7, 11) is 0. The fourth-order valence-electron chi connectivity index (χ4n) is 1.33. The van der Waals surface area contributed by atoms with Crippen molar-refractivity contribution in [1.29, 1.82) is 0 Å². The number of allylic oxidation sites excluding steroid dienone is 6. The average molecular weight is 158 g/mol. The Morgan fingerprint density at radius 1 is 0.833 bits per heavy atom. The molecule has 0 unspecified atom stereocenters. The Kier molecular flexibility index (Phi) is 1.96. The third-order valence-electron chi connectivity index (χ3n) is 2.01. The maximum Gasteiger partial charge on any atom is 0.0979 e. The average Bonchev–Trinajstić information content (AvgIpc) is 2.77. The van der Waals surface area contributed by atoms with Crippen LogP contribution in [0.1, 0.15) is 0 Å². The van der Waals surface area contributed by atoms with Gasteiger partial charge in [0.15, 0.2) is 0 Å². The SMILES string of the molecule is OC(C1=CC=C[CH]1)C1=CC=C[CH]1. The molecule has 2 aliphatic carbocycles. The van der Waals surface area contributed by atoms with Gasteiger partial charge in [0.25, 0.3) is 0 Å². The molecule has 60 valence electrons. The largest absolute Gasteiger partial charge is 0.384 e. The van der Waals surface area contributed by atoms with Gasteiger partial charge in [-0.2, -0.15) is 0 Å². The van der Waals surface area contributed by atoms with Crippen LogP contribution in [-0.4, -0.2) is 11.2 Å². The summed E-state index contributed by atoms with van der Waals surface area (Å²) in [6.45, 7) is 0. The van der Waals surface area contributed by atoms with E-state index in [2.05, 4.69) is 0 Å². The zero-order valence-electron chi connectivity index (χ0n) is 6.64. The van der Waals surface area contributed by atoms with E-state index < -0.39 is 6.10 Å². The Morgan fingerprint density at radius 2 is 1.33 bits per heavy atom. The molecule has 0 aromatic carbocycles. The van der Waals surface area contributed by atoms with Gasteiger partial charge in [-0.3, -0.25) is 0 Å². The third-order valence-corrected chi connectivity index (χ3v) is 2.01. The van der Waals surface area contributed by atoms with Crippen LogP contribution in [0.3, 0.4) is 0 Å². The molecular weight excluding hydrogens is 148 g/mol. The molecule has 0 saturated heterocycles. The fraction of sp³-hybridized carbons (Fsp3) is 0.0909. The summed E-state index contributed by atoms with van der Waals surface area (Å²) in [6.07, 6.45) is 15.0. The number of aliphatic hydroxyl groups is 1. The van der Waals surface area contributed by atoms with E-state index in [1.807, 2.05) is 49.3 Å². The van der Waals surface area contributed by atoms with E-state index in [-0.39, 0.29) is 0 Å². The van der Waals surface area contributed by atoms with Crippen LogP contribution in [0.15, 0.2) is 47.6 Å². The van der Waals surface area contributed by atoms with E-state index in [1.54, 1.807) is 0 Å². The van der Waals surface area contributed by atoms with E-state index in [0.29, 0.717) is 0 Å². The summed E-state index contributed by atoms with van der Waals surface area (Å²) >= 11 is 0. The van der Waals surface area contributed by atoms with Crippen molar-refractivity contribution < 1.29 is 5.11 Å². The molecule has 2 radical (unpaired) electrons. The first-order valence-electron chi connectivity index (χ1n) is 3.99. The minimum atomic E-state index is -0.463. The first kappa shape index (κ1) is 7.56. The van der Waals surface area contributed by atoms with Crippen LogP contribution < -0.4 is 0 Å². The molecule has 12 heavy (non-hydrogen) atoms. The Bertz CT molecular complexity index is 262. The standard InChI is InChI=1S/C11H10O/c12-11(9-5-1-2-6-9)10-7-3-4-8-10/h1-8,11-12H. The molecular formula is C11H10O. The summed E-state index contributed by atoms with van der Waals surface area (Å²) in [5, 5.41) is 9.77. The molecule has 0 bridgehead atoms. The Labute approximate surface area is 72.4 Å². The van der Waals surface area contributed by atoms with Gasteiger partial charge in [-0.15, -0.1) is 0 Å². The van der Waals surface area contributed by atoms with Gasteiger partial charge in [-0.1, -0.05) is 36.5 Å². The van der Waals surface area contributed by atoms with Crippen molar-refractivity contribution >= 4 is 0 Å². The highest BCUT2D eigenvalue weighted by Crippen LogP contribution is 2.23. The molecule has 0 saturated carbocycles. The van der Waals surface area contributed by atoms with Crippen LogP contribution in [0.5, 0.6) is 0 Å². The highest BCUT2D eigenvalue weighted by molar-refractivity contribution is 5.47. The van der Waals surface area contributed by atoms with Crippen LogP contribution in [0.25, 0.3) is 0 Å². The van der Waals surface area contributed by atoms with Gasteiger partial charge in [-0.05, 0) is 11.1 Å². The van der Waals surface area contributed by atoms with E-state index in [0.717, 1.165) is 11.1 Å². The van der Waals surface area contributed by atoms with E-state index in [9.17, 15) is 5.11 Å². The molecule has 1 N–H and O–H groups in total. The highest BCUT2D eigenvalue weighted by atomic mass is 16.3. The summed E-state index contributed by atoms with van der Waals surface area (Å²) in [5.41, 5.74) is 1.92. The maximum absolute atomic E-state index is 9.77. The summed E-state index contributed by atoms with van der Waals surface area (Å²) in [6, 6.07) is 0. The predicted molar refractivity (Wildman–Crippen MR) is 49.1 cm³/mol. The lowest BCUT2D eigenvalue weighted by Crippen LogP contribution is -2.11. The van der Waals surface area contributed by atoms with E-state index >= 15 is 0 Å². The predicted octanol–water partition coefficient (Wildman–Crippen LogP) is 1.75. The van der Waals surface area contributed by atoms with Crippen molar-refractivity contribution in [2.75, 3.05) is 0 Å². The van der Waals surface area contributed by atoms with Crippen LogP contribution in [0.4, 0.5) is 0 Å². The second kappa shape index (κ2) is 3.11. The zero-order valence-corrected chi connectivity index (χ0v) is 6.64. The minimum Gasteiger partial charge on any atom is -0.384 e. The minimum absolute atomic E-state index is 0.463. The van der Waals surface area contributed by atoms with E-state index in [1.165, 1.54) is 0 Å². The molecule has 0 spiro atoms. The molecule has 0 amide bonds. The number of rotatable bonds is 2. The van der Waals surface area contributed by atoms with Gasteiger partial charge >= 0.3 is 0 Å². The quantitative estimate of drug-likeness (QED) is 0.649. The van der Waals surface area contributed by atoms with Crippen molar-refractivity contribution in [3.63, 3.8) is 0 Å². The highest BCUT2D eigenvalue weighted by Gasteiger charge is 2.16. The van der Waals surface area contributed by atoms with Crippen LogP contribution in [0.2, 0.25) is 0 Å². The monoisotopic (exact) mass is 158 g/mol. The number of hydrogen-bond donors (Lipinski definition) is 1. The lowest BCUT2D eigenvalue weighted by Gasteiger charge is -2.12. The molecule has 1 heteroatoms. The maximum atomic E-state index is 9.77. The van der Waals surface area contributed by atoms with Crippen molar-refractivity contribution in [2.45, 2.75) is 6.10 Å². The molecule has 0 fully saturated rings. The van der Waals surface area contributed by atoms with E-state index in [4.69, 9.17) is 0 Å². The van der Waals surface area contributed by atoms with Crippen molar-refractivity contribution in [3.8, 4) is 0 Å². The van der Waals surface area contributed by atoms with Crippen LogP contribution in [-0.2, 0) is 0 Å². The third kappa shape index (κ3) is 1.28. The molecule has 0 heterocycles. The molecule has 0 aromatic rings. The Morgan fingerprint density at radius 3 is 1.67 bits per heavy atom. The first-order valence-corrected chi connectivity index (χ1v) is 3.99. The smallest absolute Gasteiger partial charge is 0.0979 e.